The first kappa shape index (κ1) is 28.8. The number of aliphatic hydroxyl groups excluding tert-OH is 1. The topological polar surface area (TPSA) is 161 Å². The highest BCUT2D eigenvalue weighted by Gasteiger charge is 2.24. The van der Waals surface area contributed by atoms with E-state index >= 15 is 0 Å². The second-order valence-corrected chi connectivity index (χ2v) is 10.4. The Morgan fingerprint density at radius 3 is 2.55 bits per heavy atom. The maximum absolute atomic E-state index is 13.2. The van der Waals surface area contributed by atoms with Crippen LogP contribution in [0.1, 0.15) is 40.3 Å². The molecule has 3 aromatic carbocycles. The molecule has 0 unspecified atom stereocenters. The predicted octanol–water partition coefficient (Wildman–Crippen LogP) is 4.14. The number of halogens is 1. The Morgan fingerprint density at radius 2 is 1.83 bits per heavy atom. The lowest BCUT2D eigenvalue weighted by Crippen LogP contribution is -2.40. The van der Waals surface area contributed by atoms with Crippen LogP contribution in [0.2, 0.25) is 5.02 Å². The Labute approximate surface area is 244 Å². The van der Waals surface area contributed by atoms with E-state index in [-0.39, 0.29) is 41.9 Å². The van der Waals surface area contributed by atoms with Gasteiger partial charge in [-0.15, -0.1) is 5.10 Å². The minimum atomic E-state index is -1.38. The number of Topliss-reactive ketones (excluding diaryl/α,β-unsaturated/α-hetero) is 1. The number of aryl methyl sites for hydroxylation is 2. The molecule has 3 N–H and O–H groups in total. The molecule has 2 aromatic heterocycles. The number of hydrogen-bond acceptors (Lipinski definition) is 9. The van der Waals surface area contributed by atoms with Gasteiger partial charge in [0, 0.05) is 35.9 Å². The molecule has 0 aliphatic heterocycles. The first-order valence-corrected chi connectivity index (χ1v) is 13.5. The molecule has 0 radical (unpaired) electrons. The van der Waals surface area contributed by atoms with Crippen molar-refractivity contribution < 1.29 is 28.7 Å². The Kier molecular flexibility index (Phi) is 8.51. The third kappa shape index (κ3) is 6.76. The van der Waals surface area contributed by atoms with E-state index < -0.39 is 29.7 Å². The summed E-state index contributed by atoms with van der Waals surface area (Å²) < 4.78 is 9.76. The minimum absolute atomic E-state index is 0.0589. The molecular formula is C30H27ClN4O7. The van der Waals surface area contributed by atoms with Gasteiger partial charge in [0.25, 0.3) is 5.91 Å². The molecule has 12 heteroatoms. The van der Waals surface area contributed by atoms with Crippen molar-refractivity contribution in [2.45, 2.75) is 44.8 Å². The van der Waals surface area contributed by atoms with E-state index in [2.05, 4.69) is 15.6 Å². The van der Waals surface area contributed by atoms with Gasteiger partial charge in [0.1, 0.15) is 28.7 Å². The number of hydrogen-bond donors (Lipinski definition) is 3. The second kappa shape index (κ2) is 12.4. The summed E-state index contributed by atoms with van der Waals surface area (Å²) in [5.41, 5.74) is 3.70. The van der Waals surface area contributed by atoms with Crippen LogP contribution in [-0.4, -0.2) is 49.3 Å². The lowest BCUT2D eigenvalue weighted by atomic mass is 9.95. The lowest BCUT2D eigenvalue weighted by Gasteiger charge is -2.22. The molecule has 2 atom stereocenters. The molecule has 0 saturated heterocycles. The van der Waals surface area contributed by atoms with Gasteiger partial charge in [-0.05, 0) is 65.6 Å². The van der Waals surface area contributed by atoms with Gasteiger partial charge in [-0.3, -0.25) is 9.59 Å². The summed E-state index contributed by atoms with van der Waals surface area (Å²) in [6.07, 6.45) is -1.10. The van der Waals surface area contributed by atoms with Crippen LogP contribution in [0.15, 0.2) is 80.4 Å². The highest BCUT2D eigenvalue weighted by molar-refractivity contribution is 6.30. The summed E-state index contributed by atoms with van der Waals surface area (Å²) in [6.45, 7) is 1.56. The van der Waals surface area contributed by atoms with Crippen LogP contribution in [0.3, 0.4) is 0 Å². The van der Waals surface area contributed by atoms with Crippen molar-refractivity contribution >= 4 is 34.3 Å². The van der Waals surface area contributed by atoms with Gasteiger partial charge in [-0.25, -0.2) is 4.79 Å². The van der Waals surface area contributed by atoms with E-state index in [1.165, 1.54) is 6.07 Å². The standard InChI is InChI=1S/C30H27ClN4O7/c1-17-28(42-30(39)41-17)12-11-26(36)27(37)16-23(32-29(38)21-9-10-24-25(15-21)35(40)34-33-24)13-18-5-7-19(8-6-18)20-3-2-4-22(31)14-20/h2-10,14-15,23,27,37,40H,11-13,16H2,1H3,(H,32,38)/t23-,27-/m1/s1. The van der Waals surface area contributed by atoms with Gasteiger partial charge in [0.15, 0.2) is 5.78 Å². The number of benzene rings is 3. The summed E-state index contributed by atoms with van der Waals surface area (Å²) >= 11 is 6.13. The van der Waals surface area contributed by atoms with Gasteiger partial charge in [-0.1, -0.05) is 52.8 Å². The lowest BCUT2D eigenvalue weighted by molar-refractivity contribution is -0.127. The highest BCUT2D eigenvalue weighted by Crippen LogP contribution is 2.24. The number of amides is 1. The molecule has 42 heavy (non-hydrogen) atoms. The maximum Gasteiger partial charge on any atom is 0.519 e. The van der Waals surface area contributed by atoms with E-state index in [1.807, 2.05) is 42.5 Å². The molecule has 0 aliphatic carbocycles. The summed E-state index contributed by atoms with van der Waals surface area (Å²) in [5, 5.41) is 31.5. The zero-order valence-corrected chi connectivity index (χ0v) is 23.2. The van der Waals surface area contributed by atoms with Crippen molar-refractivity contribution in [2.24, 2.45) is 0 Å². The minimum Gasteiger partial charge on any atom is -0.410 e. The van der Waals surface area contributed by atoms with E-state index in [1.54, 1.807) is 25.1 Å². The van der Waals surface area contributed by atoms with Crippen molar-refractivity contribution in [3.8, 4) is 11.1 Å². The number of nitrogens with one attached hydrogen (secondary N) is 1. The molecule has 0 fully saturated rings. The molecule has 0 aliphatic rings. The van der Waals surface area contributed by atoms with Gasteiger partial charge in [0.05, 0.1) is 0 Å². The number of rotatable bonds is 11. The first-order chi connectivity index (χ1) is 20.2. The molecule has 1 amide bonds. The van der Waals surface area contributed by atoms with Gasteiger partial charge < -0.3 is 24.5 Å². The van der Waals surface area contributed by atoms with Crippen LogP contribution >= 0.6 is 11.6 Å². The molecular weight excluding hydrogens is 564 g/mol. The summed E-state index contributed by atoms with van der Waals surface area (Å²) in [4.78, 5) is 37.9. The molecule has 2 heterocycles. The number of ketones is 1. The summed E-state index contributed by atoms with van der Waals surface area (Å²) in [7, 11) is 0. The first-order valence-electron chi connectivity index (χ1n) is 13.2. The Morgan fingerprint density at radius 1 is 1.05 bits per heavy atom. The molecule has 5 aromatic rings. The average molecular weight is 591 g/mol. The predicted molar refractivity (Wildman–Crippen MR) is 152 cm³/mol. The van der Waals surface area contributed by atoms with Crippen LogP contribution < -0.4 is 11.1 Å². The fraction of sp³-hybridized carbons (Fsp3) is 0.233. The van der Waals surface area contributed by atoms with Crippen molar-refractivity contribution in [3.63, 3.8) is 0 Å². The van der Waals surface area contributed by atoms with Crippen LogP contribution in [0, 0.1) is 6.92 Å². The summed E-state index contributed by atoms with van der Waals surface area (Å²) in [5.74, 6) is -1.25. The number of aliphatic hydroxyl groups is 1. The number of carbonyl (C=O) groups excluding carboxylic acids is 2. The normalized spacial score (nSPS) is 12.7. The molecule has 0 bridgehead atoms. The number of nitrogens with zero attached hydrogens (tertiary/aromatic N) is 3. The van der Waals surface area contributed by atoms with Crippen LogP contribution in [0.5, 0.6) is 0 Å². The highest BCUT2D eigenvalue weighted by atomic mass is 35.5. The Bertz CT molecular complexity index is 1790. The fourth-order valence-corrected chi connectivity index (χ4v) is 4.89. The van der Waals surface area contributed by atoms with E-state index in [4.69, 9.17) is 20.4 Å². The third-order valence-electron chi connectivity index (χ3n) is 6.93. The van der Waals surface area contributed by atoms with Crippen molar-refractivity contribution in [1.29, 1.82) is 0 Å². The monoisotopic (exact) mass is 590 g/mol. The van der Waals surface area contributed by atoms with E-state index in [0.29, 0.717) is 21.8 Å². The maximum atomic E-state index is 13.2. The molecule has 5 rings (SSSR count). The zero-order chi connectivity index (χ0) is 29.8. The average Bonchev–Trinajstić information content (AvgIpc) is 3.51. The van der Waals surface area contributed by atoms with Crippen molar-refractivity contribution in [2.75, 3.05) is 0 Å². The zero-order valence-electron chi connectivity index (χ0n) is 22.5. The van der Waals surface area contributed by atoms with Crippen molar-refractivity contribution in [3.05, 3.63) is 105 Å². The summed E-state index contributed by atoms with van der Waals surface area (Å²) in [6, 6.07) is 19.1. The van der Waals surface area contributed by atoms with Crippen LogP contribution in [-0.2, 0) is 17.6 Å². The SMILES string of the molecule is Cc1oc(=O)oc1CCC(=O)[C@H](O)C[C@@H](Cc1ccc(-c2cccc(Cl)c2)cc1)NC(=O)c1ccc2nnn(O)c2c1. The smallest absolute Gasteiger partial charge is 0.410 e. The Hall–Kier alpha value is -4.74. The van der Waals surface area contributed by atoms with Crippen LogP contribution in [0.4, 0.5) is 0 Å². The molecule has 0 spiro atoms. The Balaban J connectivity index is 1.32. The van der Waals surface area contributed by atoms with Gasteiger partial charge in [-0.2, -0.15) is 0 Å². The molecule has 11 nitrogen and oxygen atoms in total. The third-order valence-corrected chi connectivity index (χ3v) is 7.17. The van der Waals surface area contributed by atoms with E-state index in [9.17, 15) is 24.7 Å². The quantitative estimate of drug-likeness (QED) is 0.192. The van der Waals surface area contributed by atoms with Gasteiger partial charge >= 0.3 is 5.82 Å². The molecule has 216 valence electrons. The van der Waals surface area contributed by atoms with Crippen LogP contribution in [0.25, 0.3) is 22.2 Å². The fourth-order valence-electron chi connectivity index (χ4n) is 4.70. The largest absolute Gasteiger partial charge is 0.519 e. The second-order valence-electron chi connectivity index (χ2n) is 9.92. The number of aromatic nitrogens is 3. The van der Waals surface area contributed by atoms with Crippen molar-refractivity contribution in [1.82, 2.24) is 20.5 Å². The number of carbonyl (C=O) groups is 2. The molecule has 0 saturated carbocycles. The number of fused-ring (bicyclic) bond motifs is 1. The van der Waals surface area contributed by atoms with E-state index in [0.717, 1.165) is 16.7 Å². The van der Waals surface area contributed by atoms with Gasteiger partial charge in [0.2, 0.25) is 0 Å².